The second kappa shape index (κ2) is 6.24. The maximum atomic E-state index is 12.4. The Labute approximate surface area is 127 Å². The Hall–Kier alpha value is -1.26. The smallest absolute Gasteiger partial charge is 0.317 e. The Morgan fingerprint density at radius 1 is 1.24 bits per heavy atom. The minimum atomic E-state index is -0.858. The van der Waals surface area contributed by atoms with Crippen LogP contribution in [0.3, 0.4) is 0 Å². The van der Waals surface area contributed by atoms with Gasteiger partial charge < -0.3 is 15.3 Å². The fourth-order valence-corrected chi connectivity index (χ4v) is 3.79. The molecule has 1 aliphatic carbocycles. The Morgan fingerprint density at radius 2 is 1.81 bits per heavy atom. The van der Waals surface area contributed by atoms with E-state index >= 15 is 0 Å². The third-order valence-corrected chi connectivity index (χ3v) is 4.62. The molecule has 5 nitrogen and oxygen atoms in total. The van der Waals surface area contributed by atoms with Gasteiger partial charge in [0.15, 0.2) is 0 Å². The average molecular weight is 296 g/mol. The maximum absolute atomic E-state index is 12.4. The summed E-state index contributed by atoms with van der Waals surface area (Å²) >= 11 is 0. The highest BCUT2D eigenvalue weighted by Gasteiger charge is 2.38. The number of likely N-dealkylation sites (tertiary alicyclic amines) is 1. The van der Waals surface area contributed by atoms with Crippen LogP contribution in [-0.4, -0.2) is 41.1 Å². The van der Waals surface area contributed by atoms with Gasteiger partial charge in [0.1, 0.15) is 0 Å². The molecule has 2 aliphatic rings. The summed E-state index contributed by atoms with van der Waals surface area (Å²) in [5.41, 5.74) is -0.00505. The van der Waals surface area contributed by atoms with Gasteiger partial charge in [-0.3, -0.25) is 4.79 Å². The molecule has 0 bridgehead atoms. The molecule has 1 saturated carbocycles. The van der Waals surface area contributed by atoms with Crippen LogP contribution < -0.4 is 5.32 Å². The zero-order chi connectivity index (χ0) is 15.6. The van der Waals surface area contributed by atoms with Gasteiger partial charge in [-0.1, -0.05) is 27.2 Å². The number of amides is 2. The Kier molecular flexibility index (Phi) is 4.79. The highest BCUT2D eigenvalue weighted by atomic mass is 16.4. The first-order valence-corrected chi connectivity index (χ1v) is 8.02. The Bertz CT molecular complexity index is 391. The summed E-state index contributed by atoms with van der Waals surface area (Å²) in [5.74, 6) is 0.468. The van der Waals surface area contributed by atoms with Crippen LogP contribution in [0.15, 0.2) is 0 Å². The molecule has 120 valence electrons. The molecule has 2 N–H and O–H groups in total. The zero-order valence-electron chi connectivity index (χ0n) is 13.4. The lowest BCUT2D eigenvalue weighted by Crippen LogP contribution is -2.46. The summed E-state index contributed by atoms with van der Waals surface area (Å²) in [6.45, 7) is 7.87. The van der Waals surface area contributed by atoms with Crippen LogP contribution >= 0.6 is 0 Å². The van der Waals surface area contributed by atoms with Crippen molar-refractivity contribution >= 4 is 12.0 Å². The summed E-state index contributed by atoms with van der Waals surface area (Å²) in [6.07, 6.45) is 4.41. The number of fused-ring (bicyclic) bond motifs is 1. The molecule has 2 amide bonds. The molecular formula is C16H28N2O3. The van der Waals surface area contributed by atoms with Crippen LogP contribution in [0.1, 0.15) is 52.9 Å². The fraction of sp³-hybridized carbons (Fsp3) is 0.875. The SMILES string of the molecule is CC(C)(C)CC(CC(=O)O)NC(=O)N1CC2CCCC2C1. The molecule has 3 atom stereocenters. The molecule has 0 aromatic carbocycles. The summed E-state index contributed by atoms with van der Waals surface area (Å²) in [7, 11) is 0. The highest BCUT2D eigenvalue weighted by Crippen LogP contribution is 2.37. The fourth-order valence-electron chi connectivity index (χ4n) is 3.79. The van der Waals surface area contributed by atoms with E-state index in [4.69, 9.17) is 5.11 Å². The van der Waals surface area contributed by atoms with E-state index in [2.05, 4.69) is 26.1 Å². The molecule has 2 fully saturated rings. The Morgan fingerprint density at radius 3 is 2.29 bits per heavy atom. The first-order chi connectivity index (χ1) is 9.74. The first kappa shape index (κ1) is 16.1. The monoisotopic (exact) mass is 296 g/mol. The molecule has 3 unspecified atom stereocenters. The van der Waals surface area contributed by atoms with Crippen molar-refractivity contribution in [2.45, 2.75) is 58.9 Å². The van der Waals surface area contributed by atoms with E-state index in [1.807, 2.05) is 4.90 Å². The van der Waals surface area contributed by atoms with Crippen molar-refractivity contribution in [3.05, 3.63) is 0 Å². The number of urea groups is 1. The van der Waals surface area contributed by atoms with E-state index in [9.17, 15) is 9.59 Å². The van der Waals surface area contributed by atoms with Crippen LogP contribution in [0.2, 0.25) is 0 Å². The number of aliphatic carboxylic acids is 1. The summed E-state index contributed by atoms with van der Waals surface area (Å²) < 4.78 is 0. The minimum Gasteiger partial charge on any atom is -0.481 e. The van der Waals surface area contributed by atoms with Crippen molar-refractivity contribution in [1.29, 1.82) is 0 Å². The van der Waals surface area contributed by atoms with Gasteiger partial charge >= 0.3 is 12.0 Å². The van der Waals surface area contributed by atoms with Crippen LogP contribution in [-0.2, 0) is 4.79 Å². The Balaban J connectivity index is 1.90. The van der Waals surface area contributed by atoms with Gasteiger partial charge in [-0.2, -0.15) is 0 Å². The number of rotatable bonds is 4. The highest BCUT2D eigenvalue weighted by molar-refractivity contribution is 5.76. The van der Waals surface area contributed by atoms with E-state index in [-0.39, 0.29) is 23.9 Å². The number of carbonyl (C=O) groups excluding carboxylic acids is 1. The molecule has 5 heteroatoms. The number of nitrogens with zero attached hydrogens (tertiary/aromatic N) is 1. The van der Waals surface area contributed by atoms with Crippen molar-refractivity contribution in [1.82, 2.24) is 10.2 Å². The van der Waals surface area contributed by atoms with Crippen LogP contribution in [0.4, 0.5) is 4.79 Å². The van der Waals surface area contributed by atoms with Crippen molar-refractivity contribution < 1.29 is 14.7 Å². The number of hydrogen-bond donors (Lipinski definition) is 2. The maximum Gasteiger partial charge on any atom is 0.317 e. The molecule has 1 heterocycles. The lowest BCUT2D eigenvalue weighted by molar-refractivity contribution is -0.137. The van der Waals surface area contributed by atoms with Crippen LogP contribution in [0.5, 0.6) is 0 Å². The normalized spacial score (nSPS) is 26.5. The quantitative estimate of drug-likeness (QED) is 0.838. The second-order valence-electron chi connectivity index (χ2n) is 7.87. The molecule has 1 aliphatic heterocycles. The van der Waals surface area contributed by atoms with E-state index in [0.717, 1.165) is 13.1 Å². The number of carboxylic acid groups (broad SMARTS) is 1. The summed E-state index contributed by atoms with van der Waals surface area (Å²) in [4.78, 5) is 25.3. The van der Waals surface area contributed by atoms with E-state index in [0.29, 0.717) is 18.3 Å². The van der Waals surface area contributed by atoms with Crippen LogP contribution in [0, 0.1) is 17.3 Å². The first-order valence-electron chi connectivity index (χ1n) is 8.02. The van der Waals surface area contributed by atoms with E-state index in [1.165, 1.54) is 19.3 Å². The number of hydrogen-bond acceptors (Lipinski definition) is 2. The lowest BCUT2D eigenvalue weighted by atomic mass is 9.87. The molecule has 2 rings (SSSR count). The third kappa shape index (κ3) is 4.61. The molecule has 0 spiro atoms. The van der Waals surface area contributed by atoms with Gasteiger partial charge in [0.05, 0.1) is 6.42 Å². The molecule has 0 aromatic heterocycles. The topological polar surface area (TPSA) is 69.6 Å². The van der Waals surface area contributed by atoms with Crippen molar-refractivity contribution in [2.24, 2.45) is 17.3 Å². The standard InChI is InChI=1S/C16H28N2O3/c1-16(2,3)8-13(7-14(19)20)17-15(21)18-9-11-5-4-6-12(11)10-18/h11-13H,4-10H2,1-3H3,(H,17,21)(H,19,20). The zero-order valence-corrected chi connectivity index (χ0v) is 13.4. The van der Waals surface area contributed by atoms with Gasteiger partial charge in [0, 0.05) is 19.1 Å². The van der Waals surface area contributed by atoms with Crippen LogP contribution in [0.25, 0.3) is 0 Å². The van der Waals surface area contributed by atoms with Crippen molar-refractivity contribution in [3.63, 3.8) is 0 Å². The lowest BCUT2D eigenvalue weighted by Gasteiger charge is -2.28. The summed E-state index contributed by atoms with van der Waals surface area (Å²) in [5, 5.41) is 12.0. The van der Waals surface area contributed by atoms with Crippen molar-refractivity contribution in [2.75, 3.05) is 13.1 Å². The minimum absolute atomic E-state index is 0.00505. The van der Waals surface area contributed by atoms with Gasteiger partial charge in [0.25, 0.3) is 0 Å². The van der Waals surface area contributed by atoms with Gasteiger partial charge in [0.2, 0.25) is 0 Å². The van der Waals surface area contributed by atoms with E-state index < -0.39 is 5.97 Å². The van der Waals surface area contributed by atoms with Gasteiger partial charge in [-0.05, 0) is 36.5 Å². The molecule has 0 aromatic rings. The molecule has 0 radical (unpaired) electrons. The molecule has 1 saturated heterocycles. The molecule has 21 heavy (non-hydrogen) atoms. The van der Waals surface area contributed by atoms with Crippen molar-refractivity contribution in [3.8, 4) is 0 Å². The molecular weight excluding hydrogens is 268 g/mol. The summed E-state index contributed by atoms with van der Waals surface area (Å²) in [6, 6.07) is -0.379. The average Bonchev–Trinajstić information content (AvgIpc) is 2.84. The third-order valence-electron chi connectivity index (χ3n) is 4.62. The number of carboxylic acids is 1. The largest absolute Gasteiger partial charge is 0.481 e. The predicted octanol–water partition coefficient (Wildman–Crippen LogP) is 2.71. The second-order valence-corrected chi connectivity index (χ2v) is 7.87. The predicted molar refractivity (Wildman–Crippen MR) is 81.0 cm³/mol. The van der Waals surface area contributed by atoms with Gasteiger partial charge in [-0.15, -0.1) is 0 Å². The number of nitrogens with one attached hydrogen (secondary N) is 1. The van der Waals surface area contributed by atoms with E-state index in [1.54, 1.807) is 0 Å². The van der Waals surface area contributed by atoms with Gasteiger partial charge in [-0.25, -0.2) is 4.79 Å². The number of carbonyl (C=O) groups is 2.